The lowest BCUT2D eigenvalue weighted by atomic mass is 10.1. The van der Waals surface area contributed by atoms with Crippen molar-refractivity contribution in [2.24, 2.45) is 0 Å². The van der Waals surface area contributed by atoms with Crippen LogP contribution >= 0.6 is 23.4 Å². The highest BCUT2D eigenvalue weighted by molar-refractivity contribution is 8.00. The van der Waals surface area contributed by atoms with Crippen LogP contribution in [0.25, 0.3) is 0 Å². The molecule has 0 bridgehead atoms. The van der Waals surface area contributed by atoms with E-state index < -0.39 is 0 Å². The highest BCUT2D eigenvalue weighted by Gasteiger charge is 2.23. The second kappa shape index (κ2) is 4.41. The Hall–Kier alpha value is -0.410. The van der Waals surface area contributed by atoms with Crippen molar-refractivity contribution in [3.8, 4) is 0 Å². The van der Waals surface area contributed by atoms with E-state index in [0.717, 1.165) is 5.69 Å². The summed E-state index contributed by atoms with van der Waals surface area (Å²) in [6.07, 6.45) is 4.65. The number of halogens is 1. The van der Waals surface area contributed by atoms with Gasteiger partial charge in [0, 0.05) is 23.7 Å². The van der Waals surface area contributed by atoms with Crippen LogP contribution in [-0.2, 0) is 0 Å². The molecule has 1 aliphatic rings. The van der Waals surface area contributed by atoms with E-state index in [2.05, 4.69) is 17.2 Å². The molecule has 1 aliphatic heterocycles. The molecule has 4 heteroatoms. The maximum atomic E-state index is 6.02. The van der Waals surface area contributed by atoms with E-state index in [1.54, 1.807) is 12.4 Å². The number of nitrogens with one attached hydrogen (secondary N) is 1. The van der Waals surface area contributed by atoms with Crippen LogP contribution in [0.4, 0.5) is 5.69 Å². The minimum absolute atomic E-state index is 0.542. The molecule has 0 amide bonds. The smallest absolute Gasteiger partial charge is 0.0820 e. The normalized spacial score (nSPS) is 26.4. The Bertz CT molecular complexity index is 319. The molecule has 14 heavy (non-hydrogen) atoms. The van der Waals surface area contributed by atoms with E-state index in [1.165, 1.54) is 12.2 Å². The van der Waals surface area contributed by atoms with Gasteiger partial charge in [0.05, 0.1) is 10.7 Å². The zero-order valence-electron chi connectivity index (χ0n) is 8.03. The summed E-state index contributed by atoms with van der Waals surface area (Å²) in [7, 11) is 0. The number of hydrogen-bond acceptors (Lipinski definition) is 3. The molecule has 1 aromatic heterocycles. The van der Waals surface area contributed by atoms with Crippen molar-refractivity contribution in [3.05, 3.63) is 23.5 Å². The van der Waals surface area contributed by atoms with Gasteiger partial charge in [0.15, 0.2) is 0 Å². The van der Waals surface area contributed by atoms with Crippen LogP contribution in [0.1, 0.15) is 13.3 Å². The lowest BCUT2D eigenvalue weighted by Gasteiger charge is -2.18. The van der Waals surface area contributed by atoms with Gasteiger partial charge in [-0.15, -0.1) is 0 Å². The number of rotatable bonds is 2. The van der Waals surface area contributed by atoms with Gasteiger partial charge in [0.25, 0.3) is 0 Å². The molecule has 2 rings (SSSR count). The quantitative estimate of drug-likeness (QED) is 0.843. The summed E-state index contributed by atoms with van der Waals surface area (Å²) in [5.74, 6) is 1.24. The van der Waals surface area contributed by atoms with Gasteiger partial charge in [-0.1, -0.05) is 18.5 Å². The van der Waals surface area contributed by atoms with Gasteiger partial charge in [-0.3, -0.25) is 4.98 Å². The molecule has 76 valence electrons. The van der Waals surface area contributed by atoms with Crippen LogP contribution in [0.5, 0.6) is 0 Å². The molecule has 2 unspecified atom stereocenters. The van der Waals surface area contributed by atoms with Gasteiger partial charge >= 0.3 is 0 Å². The molecule has 2 nitrogen and oxygen atoms in total. The minimum Gasteiger partial charge on any atom is -0.380 e. The monoisotopic (exact) mass is 228 g/mol. The minimum atomic E-state index is 0.542. The van der Waals surface area contributed by atoms with Gasteiger partial charge in [-0.25, -0.2) is 0 Å². The summed E-state index contributed by atoms with van der Waals surface area (Å²) in [5.41, 5.74) is 1.00. The van der Waals surface area contributed by atoms with Crippen molar-refractivity contribution in [2.75, 3.05) is 11.1 Å². The lowest BCUT2D eigenvalue weighted by Crippen LogP contribution is -2.24. The van der Waals surface area contributed by atoms with Crippen molar-refractivity contribution in [2.45, 2.75) is 24.6 Å². The lowest BCUT2D eigenvalue weighted by molar-refractivity contribution is 0.724. The Labute approximate surface area is 93.4 Å². The summed E-state index contributed by atoms with van der Waals surface area (Å²) in [6.45, 7) is 2.25. The second-order valence-electron chi connectivity index (χ2n) is 3.47. The fraction of sp³-hybridized carbons (Fsp3) is 0.500. The van der Waals surface area contributed by atoms with Gasteiger partial charge in [0.1, 0.15) is 0 Å². The molecule has 0 aromatic carbocycles. The van der Waals surface area contributed by atoms with Crippen molar-refractivity contribution < 1.29 is 0 Å². The maximum Gasteiger partial charge on any atom is 0.0820 e. The molecule has 0 saturated carbocycles. The van der Waals surface area contributed by atoms with Crippen molar-refractivity contribution in [3.63, 3.8) is 0 Å². The molecule has 1 saturated heterocycles. The summed E-state index contributed by atoms with van der Waals surface area (Å²) < 4.78 is 0. The van der Waals surface area contributed by atoms with Crippen molar-refractivity contribution >= 4 is 29.1 Å². The fourth-order valence-electron chi connectivity index (χ4n) is 1.61. The van der Waals surface area contributed by atoms with Gasteiger partial charge < -0.3 is 5.32 Å². The number of thioether (sulfide) groups is 1. The van der Waals surface area contributed by atoms with Crippen LogP contribution in [0, 0.1) is 0 Å². The van der Waals surface area contributed by atoms with Gasteiger partial charge in [0.2, 0.25) is 0 Å². The summed E-state index contributed by atoms with van der Waals surface area (Å²) in [5, 5.41) is 4.84. The van der Waals surface area contributed by atoms with Gasteiger partial charge in [-0.2, -0.15) is 11.8 Å². The Morgan fingerprint density at radius 3 is 3.14 bits per heavy atom. The van der Waals surface area contributed by atoms with E-state index in [4.69, 9.17) is 11.6 Å². The van der Waals surface area contributed by atoms with Crippen LogP contribution in [-0.4, -0.2) is 22.0 Å². The van der Waals surface area contributed by atoms with Crippen LogP contribution < -0.4 is 5.32 Å². The fourth-order valence-corrected chi connectivity index (χ4v) is 2.99. The van der Waals surface area contributed by atoms with E-state index >= 15 is 0 Å². The third-order valence-corrected chi connectivity index (χ3v) is 4.12. The van der Waals surface area contributed by atoms with Crippen molar-refractivity contribution in [1.29, 1.82) is 0 Å². The van der Waals surface area contributed by atoms with Gasteiger partial charge in [-0.05, 0) is 18.2 Å². The standard InChI is InChI=1S/C10H13ClN2S/c1-7-9(3-5-14-7)13-10-2-4-12-6-8(10)11/h2,4,6-7,9H,3,5H2,1H3,(H,12,13). The molecule has 1 fully saturated rings. The molecule has 2 atom stereocenters. The van der Waals surface area contributed by atoms with Crippen LogP contribution in [0.15, 0.2) is 18.5 Å². The van der Waals surface area contributed by atoms with Crippen molar-refractivity contribution in [1.82, 2.24) is 4.98 Å². The first-order valence-corrected chi connectivity index (χ1v) is 6.17. The van der Waals surface area contributed by atoms with Crippen LogP contribution in [0.3, 0.4) is 0 Å². The van der Waals surface area contributed by atoms with Crippen LogP contribution in [0.2, 0.25) is 5.02 Å². The predicted molar refractivity (Wildman–Crippen MR) is 63.2 cm³/mol. The largest absolute Gasteiger partial charge is 0.380 e. The zero-order valence-corrected chi connectivity index (χ0v) is 9.61. The third kappa shape index (κ3) is 2.15. The summed E-state index contributed by atoms with van der Waals surface area (Å²) in [6, 6.07) is 2.47. The van der Waals surface area contributed by atoms with E-state index in [-0.39, 0.29) is 0 Å². The summed E-state index contributed by atoms with van der Waals surface area (Å²) in [4.78, 5) is 3.96. The molecular weight excluding hydrogens is 216 g/mol. The average Bonchev–Trinajstić information content (AvgIpc) is 2.56. The number of hydrogen-bond donors (Lipinski definition) is 1. The predicted octanol–water partition coefficient (Wildman–Crippen LogP) is 3.04. The number of pyridine rings is 1. The molecule has 2 heterocycles. The average molecular weight is 229 g/mol. The molecule has 0 spiro atoms. The molecular formula is C10H13ClN2S. The Kier molecular flexibility index (Phi) is 3.19. The Morgan fingerprint density at radius 1 is 1.64 bits per heavy atom. The first kappa shape index (κ1) is 10.1. The zero-order chi connectivity index (χ0) is 9.97. The number of anilines is 1. The number of nitrogens with zero attached hydrogens (tertiary/aromatic N) is 1. The van der Waals surface area contributed by atoms with E-state index in [0.29, 0.717) is 16.3 Å². The SMILES string of the molecule is CC1SCCC1Nc1ccncc1Cl. The van der Waals surface area contributed by atoms with E-state index in [1.807, 2.05) is 17.8 Å². The highest BCUT2D eigenvalue weighted by Crippen LogP contribution is 2.30. The first-order valence-electron chi connectivity index (χ1n) is 4.75. The molecule has 1 aromatic rings. The molecule has 1 N–H and O–H groups in total. The summed E-state index contributed by atoms with van der Waals surface area (Å²) >= 11 is 8.03. The Balaban J connectivity index is 2.07. The topological polar surface area (TPSA) is 24.9 Å². The Morgan fingerprint density at radius 2 is 2.50 bits per heavy atom. The maximum absolute atomic E-state index is 6.02. The third-order valence-electron chi connectivity index (χ3n) is 2.49. The molecule has 0 aliphatic carbocycles. The van der Waals surface area contributed by atoms with E-state index in [9.17, 15) is 0 Å². The molecule has 0 radical (unpaired) electrons. The first-order chi connectivity index (χ1) is 6.77. The highest BCUT2D eigenvalue weighted by atomic mass is 35.5. The number of aromatic nitrogens is 1. The second-order valence-corrected chi connectivity index (χ2v) is 5.36.